The van der Waals surface area contributed by atoms with Crippen molar-refractivity contribution in [3.63, 3.8) is 0 Å². The molecule has 0 atom stereocenters. The molecular formula is C21H17NOS. The van der Waals surface area contributed by atoms with Crippen LogP contribution in [0.2, 0.25) is 0 Å². The van der Waals surface area contributed by atoms with Gasteiger partial charge in [-0.1, -0.05) is 50.2 Å². The van der Waals surface area contributed by atoms with Gasteiger partial charge in [0.15, 0.2) is 0 Å². The van der Waals surface area contributed by atoms with Crippen molar-refractivity contribution in [2.45, 2.75) is 24.2 Å². The highest BCUT2D eigenvalue weighted by atomic mass is 32.2. The molecule has 118 valence electrons. The molecule has 1 N–H and O–H groups in total. The molecule has 24 heavy (non-hydrogen) atoms. The van der Waals surface area contributed by atoms with E-state index in [2.05, 4.69) is 73.0 Å². The zero-order chi connectivity index (χ0) is 16.5. The predicted octanol–water partition coefficient (Wildman–Crippen LogP) is 5.99. The Kier molecular flexibility index (Phi) is 2.74. The highest BCUT2D eigenvalue weighted by molar-refractivity contribution is 7.93. The second-order valence-corrected chi connectivity index (χ2v) is 7.60. The normalized spacial score (nSPS) is 15.0. The van der Waals surface area contributed by atoms with Gasteiger partial charge in [-0.25, -0.2) is 0 Å². The fraction of sp³-hybridized carbons (Fsp3) is 0.143. The predicted molar refractivity (Wildman–Crippen MR) is 101 cm³/mol. The molecule has 0 amide bonds. The maximum atomic E-state index is 9.45. The van der Waals surface area contributed by atoms with Crippen molar-refractivity contribution < 1.29 is 4.55 Å². The first-order valence-corrected chi connectivity index (χ1v) is 8.89. The largest absolute Gasteiger partial charge is 0.325 e. The molecule has 0 bridgehead atoms. The van der Waals surface area contributed by atoms with Crippen molar-refractivity contribution in [1.82, 2.24) is 4.57 Å². The van der Waals surface area contributed by atoms with E-state index in [-0.39, 0.29) is 5.41 Å². The summed E-state index contributed by atoms with van der Waals surface area (Å²) in [7, 11) is 0. The summed E-state index contributed by atoms with van der Waals surface area (Å²) < 4.78 is 11.8. The molecule has 3 aromatic carbocycles. The number of fused-ring (bicyclic) bond motifs is 5. The van der Waals surface area contributed by atoms with Crippen LogP contribution >= 0.6 is 12.0 Å². The van der Waals surface area contributed by atoms with Crippen molar-refractivity contribution >= 4 is 33.8 Å². The van der Waals surface area contributed by atoms with E-state index < -0.39 is 0 Å². The lowest BCUT2D eigenvalue weighted by molar-refractivity contribution is 0.630. The minimum Gasteiger partial charge on any atom is -0.325 e. The molecule has 0 aliphatic carbocycles. The Hall–Kier alpha value is -2.23. The molecule has 1 aliphatic rings. The molecule has 0 fully saturated rings. The van der Waals surface area contributed by atoms with Gasteiger partial charge in [0, 0.05) is 33.1 Å². The van der Waals surface area contributed by atoms with Crippen molar-refractivity contribution in [3.05, 3.63) is 71.8 Å². The lowest BCUT2D eigenvalue weighted by atomic mass is 9.75. The van der Waals surface area contributed by atoms with Crippen LogP contribution in [-0.4, -0.2) is 9.12 Å². The summed E-state index contributed by atoms with van der Waals surface area (Å²) in [5.41, 5.74) is 6.41. The summed E-state index contributed by atoms with van der Waals surface area (Å²) in [5.74, 6) is 0. The lowest BCUT2D eigenvalue weighted by Gasteiger charge is -2.34. The zero-order valence-corrected chi connectivity index (χ0v) is 14.4. The summed E-state index contributed by atoms with van der Waals surface area (Å²) in [6.45, 7) is 4.60. The van der Waals surface area contributed by atoms with Gasteiger partial charge in [0.05, 0.1) is 16.7 Å². The van der Waals surface area contributed by atoms with Gasteiger partial charge in [-0.3, -0.25) is 0 Å². The summed E-state index contributed by atoms with van der Waals surface area (Å²) in [5, 5.41) is 2.44. The zero-order valence-electron chi connectivity index (χ0n) is 13.6. The molecule has 2 heterocycles. The molecule has 2 nitrogen and oxygen atoms in total. The SMILES string of the molecule is CC1(C)c2ccccc2-n2c3ccc(SO)cc3c3cccc1c32. The fourth-order valence-corrected chi connectivity index (χ4v) is 4.50. The van der Waals surface area contributed by atoms with E-state index in [1.807, 2.05) is 6.07 Å². The first kappa shape index (κ1) is 14.1. The van der Waals surface area contributed by atoms with Gasteiger partial charge in [-0.05, 0) is 35.4 Å². The van der Waals surface area contributed by atoms with E-state index in [1.165, 1.54) is 38.6 Å². The molecule has 0 spiro atoms. The average molecular weight is 331 g/mol. The minimum absolute atomic E-state index is 0.0327. The molecule has 0 saturated carbocycles. The van der Waals surface area contributed by atoms with Crippen molar-refractivity contribution in [1.29, 1.82) is 0 Å². The summed E-state index contributed by atoms with van der Waals surface area (Å²) >= 11 is 0.805. The number of rotatable bonds is 1. The third-order valence-corrected chi connectivity index (χ3v) is 5.82. The van der Waals surface area contributed by atoms with E-state index >= 15 is 0 Å². The second kappa shape index (κ2) is 4.65. The van der Waals surface area contributed by atoms with Crippen LogP contribution < -0.4 is 0 Å². The Morgan fingerprint density at radius 2 is 1.67 bits per heavy atom. The number of para-hydroxylation sites is 2. The second-order valence-electron chi connectivity index (χ2n) is 6.95. The van der Waals surface area contributed by atoms with E-state index in [9.17, 15) is 4.55 Å². The number of nitrogens with zero attached hydrogens (tertiary/aromatic N) is 1. The van der Waals surface area contributed by atoms with Crippen molar-refractivity contribution in [3.8, 4) is 5.69 Å². The third kappa shape index (κ3) is 1.61. The van der Waals surface area contributed by atoms with E-state index in [4.69, 9.17) is 0 Å². The molecule has 0 saturated heterocycles. The Labute approximate surface area is 144 Å². The lowest BCUT2D eigenvalue weighted by Crippen LogP contribution is -2.26. The van der Waals surface area contributed by atoms with Crippen LogP contribution in [0.1, 0.15) is 25.0 Å². The standard InChI is InChI=1S/C21H17NOS/c1-21(2)16-7-3-4-9-19(16)22-18-11-10-13(24-23)12-15(18)14-6-5-8-17(21)20(14)22/h3-12,23H,1-2H3. The van der Waals surface area contributed by atoms with Crippen LogP contribution in [0.15, 0.2) is 65.6 Å². The van der Waals surface area contributed by atoms with Gasteiger partial charge in [0.1, 0.15) is 0 Å². The molecular weight excluding hydrogens is 314 g/mol. The number of hydrogen-bond acceptors (Lipinski definition) is 2. The Morgan fingerprint density at radius 1 is 0.875 bits per heavy atom. The third-order valence-electron chi connectivity index (χ3n) is 5.36. The van der Waals surface area contributed by atoms with Crippen LogP contribution in [0.4, 0.5) is 0 Å². The van der Waals surface area contributed by atoms with Gasteiger partial charge < -0.3 is 9.12 Å². The fourth-order valence-electron chi connectivity index (χ4n) is 4.20. The van der Waals surface area contributed by atoms with E-state index in [0.29, 0.717) is 0 Å². The van der Waals surface area contributed by atoms with Gasteiger partial charge >= 0.3 is 0 Å². The summed E-state index contributed by atoms with van der Waals surface area (Å²) in [6, 6.07) is 21.4. The highest BCUT2D eigenvalue weighted by Gasteiger charge is 2.34. The van der Waals surface area contributed by atoms with Crippen molar-refractivity contribution in [2.24, 2.45) is 0 Å². The van der Waals surface area contributed by atoms with Crippen LogP contribution in [0, 0.1) is 0 Å². The molecule has 1 aliphatic heterocycles. The van der Waals surface area contributed by atoms with Crippen LogP contribution in [0.3, 0.4) is 0 Å². The monoisotopic (exact) mass is 331 g/mol. The van der Waals surface area contributed by atoms with Gasteiger partial charge in [-0.15, -0.1) is 0 Å². The average Bonchev–Trinajstić information content (AvgIpc) is 2.94. The Morgan fingerprint density at radius 3 is 2.50 bits per heavy atom. The quantitative estimate of drug-likeness (QED) is 0.433. The van der Waals surface area contributed by atoms with Crippen LogP contribution in [0.5, 0.6) is 0 Å². The number of benzene rings is 3. The highest BCUT2D eigenvalue weighted by Crippen LogP contribution is 2.47. The molecule has 4 aromatic rings. The molecule has 5 rings (SSSR count). The first-order valence-electron chi connectivity index (χ1n) is 8.12. The molecule has 3 heteroatoms. The molecule has 0 unspecified atom stereocenters. The van der Waals surface area contributed by atoms with Crippen molar-refractivity contribution in [2.75, 3.05) is 0 Å². The molecule has 1 aromatic heterocycles. The Balaban J connectivity index is 2.08. The maximum Gasteiger partial charge on any atom is 0.0582 e. The summed E-state index contributed by atoms with van der Waals surface area (Å²) in [4.78, 5) is 0.874. The topological polar surface area (TPSA) is 25.2 Å². The van der Waals surface area contributed by atoms with Crippen LogP contribution in [-0.2, 0) is 5.41 Å². The number of hydrogen-bond donors (Lipinski definition) is 1. The van der Waals surface area contributed by atoms with Gasteiger partial charge in [-0.2, -0.15) is 0 Å². The first-order chi connectivity index (χ1) is 11.6. The molecule has 0 radical (unpaired) electrons. The van der Waals surface area contributed by atoms with Gasteiger partial charge in [0.25, 0.3) is 0 Å². The summed E-state index contributed by atoms with van der Waals surface area (Å²) in [6.07, 6.45) is 0. The Bertz CT molecular complexity index is 1120. The van der Waals surface area contributed by atoms with Gasteiger partial charge in [0.2, 0.25) is 0 Å². The smallest absolute Gasteiger partial charge is 0.0582 e. The maximum absolute atomic E-state index is 9.45. The minimum atomic E-state index is -0.0327. The van der Waals surface area contributed by atoms with E-state index in [1.54, 1.807) is 0 Å². The number of aromatic nitrogens is 1. The van der Waals surface area contributed by atoms with E-state index in [0.717, 1.165) is 16.9 Å². The van der Waals surface area contributed by atoms with Crippen LogP contribution in [0.25, 0.3) is 27.5 Å².